The van der Waals surface area contributed by atoms with Crippen LogP contribution in [0.2, 0.25) is 0 Å². The first-order valence-corrected chi connectivity index (χ1v) is 8.75. The van der Waals surface area contributed by atoms with Gasteiger partial charge in [-0.1, -0.05) is 18.2 Å². The largest absolute Gasteiger partial charge is 0.352 e. The number of nitrogens with zero attached hydrogens (tertiary/aromatic N) is 2. The molecule has 2 aliphatic carbocycles. The molecule has 5 atom stereocenters. The second-order valence-electron chi connectivity index (χ2n) is 6.43. The number of thioether (sulfide) groups is 1. The van der Waals surface area contributed by atoms with E-state index in [2.05, 4.69) is 22.2 Å². The van der Waals surface area contributed by atoms with Crippen LogP contribution in [0.1, 0.15) is 39.5 Å². The SMILES string of the molecule is C[C@H](Sc1ncccn1)C(=O)N[C@@H](C)[C@H]1C[C@H]2CC[C@H]1C2. The Balaban J connectivity index is 1.51. The van der Waals surface area contributed by atoms with Gasteiger partial charge < -0.3 is 5.32 Å². The first-order chi connectivity index (χ1) is 10.1. The van der Waals surface area contributed by atoms with Gasteiger partial charge in [-0.2, -0.15) is 0 Å². The number of carbonyl (C=O) groups is 1. The molecule has 3 rings (SSSR count). The van der Waals surface area contributed by atoms with E-state index < -0.39 is 0 Å². The summed E-state index contributed by atoms with van der Waals surface area (Å²) in [6.07, 6.45) is 8.86. The standard InChI is InChI=1S/C16H23N3OS/c1-10(14-9-12-4-5-13(14)8-12)19-15(20)11(2)21-16-17-6-3-7-18-16/h3,6-7,10-14H,4-5,8-9H2,1-2H3,(H,19,20)/t10-,11-,12-,13-,14+/m0/s1. The normalized spacial score (nSPS) is 30.1. The minimum Gasteiger partial charge on any atom is -0.352 e. The van der Waals surface area contributed by atoms with Gasteiger partial charge in [-0.05, 0) is 56.9 Å². The molecule has 5 heteroatoms. The summed E-state index contributed by atoms with van der Waals surface area (Å²) < 4.78 is 0. The van der Waals surface area contributed by atoms with Gasteiger partial charge in [-0.15, -0.1) is 0 Å². The van der Waals surface area contributed by atoms with Gasteiger partial charge in [0.2, 0.25) is 5.91 Å². The average molecular weight is 305 g/mol. The van der Waals surface area contributed by atoms with Crippen LogP contribution in [0, 0.1) is 17.8 Å². The smallest absolute Gasteiger partial charge is 0.233 e. The number of nitrogens with one attached hydrogen (secondary N) is 1. The molecular formula is C16H23N3OS. The topological polar surface area (TPSA) is 54.9 Å². The fourth-order valence-corrected chi connectivity index (χ4v) is 4.65. The summed E-state index contributed by atoms with van der Waals surface area (Å²) in [7, 11) is 0. The molecule has 0 aliphatic heterocycles. The highest BCUT2D eigenvalue weighted by Gasteiger charge is 2.42. The molecule has 1 amide bonds. The predicted octanol–water partition coefficient (Wildman–Crippen LogP) is 2.90. The predicted molar refractivity (Wildman–Crippen MR) is 83.9 cm³/mol. The lowest BCUT2D eigenvalue weighted by Gasteiger charge is -2.29. The van der Waals surface area contributed by atoms with Crippen LogP contribution in [0.5, 0.6) is 0 Å². The summed E-state index contributed by atoms with van der Waals surface area (Å²) >= 11 is 1.42. The van der Waals surface area contributed by atoms with Crippen LogP contribution in [-0.4, -0.2) is 27.2 Å². The number of fused-ring (bicyclic) bond motifs is 2. The van der Waals surface area contributed by atoms with Crippen LogP contribution in [0.15, 0.2) is 23.6 Å². The third-order valence-electron chi connectivity index (χ3n) is 5.00. The van der Waals surface area contributed by atoms with E-state index in [0.717, 1.165) is 11.8 Å². The molecule has 114 valence electrons. The molecule has 21 heavy (non-hydrogen) atoms. The maximum Gasteiger partial charge on any atom is 0.233 e. The number of aromatic nitrogens is 2. The summed E-state index contributed by atoms with van der Waals surface area (Å²) in [6.45, 7) is 4.09. The minimum atomic E-state index is -0.159. The summed E-state index contributed by atoms with van der Waals surface area (Å²) in [4.78, 5) is 20.7. The highest BCUT2D eigenvalue weighted by atomic mass is 32.2. The quantitative estimate of drug-likeness (QED) is 0.671. The Morgan fingerprint density at radius 1 is 1.29 bits per heavy atom. The Morgan fingerprint density at radius 2 is 2.05 bits per heavy atom. The second-order valence-corrected chi connectivity index (χ2v) is 7.74. The van der Waals surface area contributed by atoms with E-state index in [4.69, 9.17) is 0 Å². The molecule has 2 aliphatic rings. The van der Waals surface area contributed by atoms with Crippen molar-refractivity contribution < 1.29 is 4.79 Å². The van der Waals surface area contributed by atoms with E-state index in [9.17, 15) is 4.79 Å². The fraction of sp³-hybridized carbons (Fsp3) is 0.688. The van der Waals surface area contributed by atoms with Gasteiger partial charge in [0.05, 0.1) is 5.25 Å². The van der Waals surface area contributed by atoms with E-state index >= 15 is 0 Å². The van der Waals surface area contributed by atoms with Crippen molar-refractivity contribution in [3.63, 3.8) is 0 Å². The molecule has 0 spiro atoms. The Morgan fingerprint density at radius 3 is 2.67 bits per heavy atom. The molecule has 0 saturated heterocycles. The molecule has 2 bridgehead atoms. The highest BCUT2D eigenvalue weighted by molar-refractivity contribution is 8.00. The van der Waals surface area contributed by atoms with Crippen molar-refractivity contribution in [3.05, 3.63) is 18.5 Å². The first-order valence-electron chi connectivity index (χ1n) is 7.87. The van der Waals surface area contributed by atoms with E-state index in [1.54, 1.807) is 18.5 Å². The zero-order valence-corrected chi connectivity index (χ0v) is 13.5. The maximum atomic E-state index is 12.3. The van der Waals surface area contributed by atoms with Crippen LogP contribution in [0.4, 0.5) is 0 Å². The molecule has 1 aromatic heterocycles. The Hall–Kier alpha value is -1.10. The molecule has 1 heterocycles. The fourth-order valence-electron chi connectivity index (χ4n) is 3.91. The Bertz CT molecular complexity index is 496. The highest BCUT2D eigenvalue weighted by Crippen LogP contribution is 2.49. The van der Waals surface area contributed by atoms with Gasteiger partial charge in [0.15, 0.2) is 5.16 Å². The number of carbonyl (C=O) groups excluding carboxylic acids is 1. The van der Waals surface area contributed by atoms with Gasteiger partial charge in [0.25, 0.3) is 0 Å². The molecule has 4 nitrogen and oxygen atoms in total. The van der Waals surface area contributed by atoms with E-state index in [0.29, 0.717) is 11.1 Å². The maximum absolute atomic E-state index is 12.3. The third-order valence-corrected chi connectivity index (χ3v) is 5.99. The van der Waals surface area contributed by atoms with Crippen molar-refractivity contribution in [2.75, 3.05) is 0 Å². The number of hydrogen-bond acceptors (Lipinski definition) is 4. The van der Waals surface area contributed by atoms with Crippen molar-refractivity contribution in [2.45, 2.75) is 56.0 Å². The number of rotatable bonds is 5. The van der Waals surface area contributed by atoms with Crippen molar-refractivity contribution in [1.29, 1.82) is 0 Å². The summed E-state index contributed by atoms with van der Waals surface area (Å²) in [5.41, 5.74) is 0. The van der Waals surface area contributed by atoms with Crippen LogP contribution in [0.3, 0.4) is 0 Å². The van der Waals surface area contributed by atoms with Crippen molar-refractivity contribution in [3.8, 4) is 0 Å². The zero-order chi connectivity index (χ0) is 14.8. The van der Waals surface area contributed by atoms with Crippen LogP contribution in [0.25, 0.3) is 0 Å². The lowest BCUT2D eigenvalue weighted by Crippen LogP contribution is -2.43. The first kappa shape index (κ1) is 14.8. The molecule has 0 aromatic carbocycles. The van der Waals surface area contributed by atoms with Crippen molar-refractivity contribution in [2.24, 2.45) is 17.8 Å². The van der Waals surface area contributed by atoms with E-state index in [-0.39, 0.29) is 17.2 Å². The second kappa shape index (κ2) is 6.34. The van der Waals surface area contributed by atoms with E-state index in [1.807, 2.05) is 6.92 Å². The third kappa shape index (κ3) is 3.39. The Kier molecular flexibility index (Phi) is 4.48. The van der Waals surface area contributed by atoms with Gasteiger partial charge in [-0.25, -0.2) is 9.97 Å². The van der Waals surface area contributed by atoms with E-state index in [1.165, 1.54) is 37.4 Å². The molecule has 1 aromatic rings. The molecule has 2 fully saturated rings. The number of amides is 1. The van der Waals surface area contributed by atoms with Crippen LogP contribution < -0.4 is 5.32 Å². The molecule has 1 N–H and O–H groups in total. The van der Waals surface area contributed by atoms with Gasteiger partial charge in [0, 0.05) is 18.4 Å². The van der Waals surface area contributed by atoms with Gasteiger partial charge in [-0.3, -0.25) is 4.79 Å². The zero-order valence-electron chi connectivity index (χ0n) is 12.7. The average Bonchev–Trinajstić information content (AvgIpc) is 3.11. The summed E-state index contributed by atoms with van der Waals surface area (Å²) in [5.74, 6) is 2.54. The molecular weight excluding hydrogens is 282 g/mol. The summed E-state index contributed by atoms with van der Waals surface area (Å²) in [6, 6.07) is 2.07. The molecule has 2 saturated carbocycles. The lowest BCUT2D eigenvalue weighted by atomic mass is 9.84. The minimum absolute atomic E-state index is 0.0997. The Labute approximate surface area is 130 Å². The number of hydrogen-bond donors (Lipinski definition) is 1. The molecule has 0 radical (unpaired) electrons. The van der Waals surface area contributed by atoms with Gasteiger partial charge >= 0.3 is 0 Å². The summed E-state index contributed by atoms with van der Waals surface area (Å²) in [5, 5.41) is 3.71. The van der Waals surface area contributed by atoms with Crippen LogP contribution >= 0.6 is 11.8 Å². The lowest BCUT2D eigenvalue weighted by molar-refractivity contribution is -0.121. The molecule has 0 unspecified atom stereocenters. The van der Waals surface area contributed by atoms with Crippen molar-refractivity contribution in [1.82, 2.24) is 15.3 Å². The monoisotopic (exact) mass is 305 g/mol. The van der Waals surface area contributed by atoms with Crippen LogP contribution in [-0.2, 0) is 4.79 Å². The van der Waals surface area contributed by atoms with Gasteiger partial charge in [0.1, 0.15) is 0 Å². The van der Waals surface area contributed by atoms with Crippen molar-refractivity contribution >= 4 is 17.7 Å².